The van der Waals surface area contributed by atoms with E-state index in [2.05, 4.69) is 34.4 Å². The van der Waals surface area contributed by atoms with Crippen LogP contribution in [0.25, 0.3) is 0 Å². The van der Waals surface area contributed by atoms with Gasteiger partial charge in [0.15, 0.2) is 0 Å². The first-order chi connectivity index (χ1) is 9.08. The molecule has 0 atom stereocenters. The Labute approximate surface area is 117 Å². The topological polar surface area (TPSA) is 66.9 Å². The minimum atomic E-state index is -0.622. The summed E-state index contributed by atoms with van der Waals surface area (Å²) in [5, 5.41) is 6.51. The van der Waals surface area contributed by atoms with Crippen LogP contribution in [-0.2, 0) is 10.8 Å². The molecular weight excluding hydrogens is 260 g/mol. The lowest BCUT2D eigenvalue weighted by atomic mass is 10.1. The molecule has 0 radical (unpaired) electrons. The van der Waals surface area contributed by atoms with Gasteiger partial charge in [-0.2, -0.15) is 0 Å². The molecular formula is C13H22N4OS. The van der Waals surface area contributed by atoms with Crippen molar-refractivity contribution < 1.29 is 4.21 Å². The maximum absolute atomic E-state index is 11.4. The number of rotatable bonds is 4. The first-order valence-corrected chi connectivity index (χ1v) is 8.25. The molecule has 0 bridgehead atoms. The van der Waals surface area contributed by atoms with Crippen LogP contribution < -0.4 is 10.6 Å². The smallest absolute Gasteiger partial charge is 0.135 e. The van der Waals surface area contributed by atoms with Crippen LogP contribution >= 0.6 is 0 Å². The second kappa shape index (κ2) is 6.32. The Morgan fingerprint density at radius 2 is 1.89 bits per heavy atom. The third-order valence-corrected chi connectivity index (χ3v) is 4.64. The van der Waals surface area contributed by atoms with Crippen molar-refractivity contribution in [2.75, 3.05) is 29.2 Å². The van der Waals surface area contributed by atoms with E-state index in [-0.39, 0.29) is 0 Å². The van der Waals surface area contributed by atoms with E-state index in [4.69, 9.17) is 0 Å². The van der Waals surface area contributed by atoms with Crippen LogP contribution in [0.1, 0.15) is 38.4 Å². The quantitative estimate of drug-likeness (QED) is 0.883. The van der Waals surface area contributed by atoms with Crippen LogP contribution in [0.15, 0.2) is 6.07 Å². The first kappa shape index (κ1) is 14.2. The number of hydrogen-bond acceptors (Lipinski definition) is 5. The third kappa shape index (κ3) is 3.89. The van der Waals surface area contributed by atoms with Crippen LogP contribution in [0.2, 0.25) is 0 Å². The van der Waals surface area contributed by atoms with Crippen LogP contribution in [0, 0.1) is 0 Å². The molecule has 2 N–H and O–H groups in total. The van der Waals surface area contributed by atoms with Crippen molar-refractivity contribution in [3.05, 3.63) is 11.9 Å². The molecule has 1 aromatic heterocycles. The van der Waals surface area contributed by atoms with Gasteiger partial charge in [0.1, 0.15) is 17.5 Å². The van der Waals surface area contributed by atoms with Gasteiger partial charge in [-0.25, -0.2) is 9.97 Å². The number of aromatic nitrogens is 2. The lowest BCUT2D eigenvalue weighted by Crippen LogP contribution is -2.29. The first-order valence-electron chi connectivity index (χ1n) is 6.76. The normalized spacial score (nSPS) is 23.4. The zero-order valence-corrected chi connectivity index (χ0v) is 12.6. The SMILES string of the molecule is CNc1cc(NC2CCS(=O)CC2)nc(C(C)C)n1. The molecule has 2 rings (SSSR count). The Kier molecular flexibility index (Phi) is 4.74. The summed E-state index contributed by atoms with van der Waals surface area (Å²) in [5.74, 6) is 4.42. The molecule has 1 aromatic rings. The van der Waals surface area contributed by atoms with E-state index in [9.17, 15) is 4.21 Å². The molecule has 1 aliphatic heterocycles. The van der Waals surface area contributed by atoms with Crippen molar-refractivity contribution in [2.45, 2.75) is 38.6 Å². The molecule has 2 heterocycles. The molecule has 6 heteroatoms. The van der Waals surface area contributed by atoms with Crippen LogP contribution in [0.4, 0.5) is 11.6 Å². The van der Waals surface area contributed by atoms with Crippen LogP contribution in [0.5, 0.6) is 0 Å². The van der Waals surface area contributed by atoms with Crippen molar-refractivity contribution in [2.24, 2.45) is 0 Å². The van der Waals surface area contributed by atoms with E-state index in [0.29, 0.717) is 12.0 Å². The molecule has 5 nitrogen and oxygen atoms in total. The van der Waals surface area contributed by atoms with Gasteiger partial charge in [-0.05, 0) is 12.8 Å². The predicted octanol–water partition coefficient (Wildman–Crippen LogP) is 1.96. The highest BCUT2D eigenvalue weighted by molar-refractivity contribution is 7.85. The predicted molar refractivity (Wildman–Crippen MR) is 80.2 cm³/mol. The maximum atomic E-state index is 11.4. The van der Waals surface area contributed by atoms with Gasteiger partial charge in [-0.15, -0.1) is 0 Å². The average Bonchev–Trinajstić information content (AvgIpc) is 2.41. The Bertz CT molecular complexity index is 454. The second-order valence-electron chi connectivity index (χ2n) is 5.17. The molecule has 1 aliphatic rings. The van der Waals surface area contributed by atoms with E-state index in [1.165, 1.54) is 0 Å². The van der Waals surface area contributed by atoms with Gasteiger partial charge in [0.25, 0.3) is 0 Å². The molecule has 0 aromatic carbocycles. The van der Waals surface area contributed by atoms with Gasteiger partial charge in [0.05, 0.1) is 0 Å². The van der Waals surface area contributed by atoms with Crippen molar-refractivity contribution in [3.8, 4) is 0 Å². The molecule has 0 unspecified atom stereocenters. The van der Waals surface area contributed by atoms with Crippen molar-refractivity contribution in [3.63, 3.8) is 0 Å². The van der Waals surface area contributed by atoms with Gasteiger partial charge in [0.2, 0.25) is 0 Å². The van der Waals surface area contributed by atoms with Gasteiger partial charge >= 0.3 is 0 Å². The van der Waals surface area contributed by atoms with Gasteiger partial charge in [-0.3, -0.25) is 4.21 Å². The third-order valence-electron chi connectivity index (χ3n) is 3.26. The fourth-order valence-electron chi connectivity index (χ4n) is 2.07. The van der Waals surface area contributed by atoms with Crippen molar-refractivity contribution >= 4 is 22.4 Å². The average molecular weight is 282 g/mol. The minimum absolute atomic E-state index is 0.299. The number of anilines is 2. The van der Waals surface area contributed by atoms with Crippen molar-refractivity contribution in [1.29, 1.82) is 0 Å². The van der Waals surface area contributed by atoms with Gasteiger partial charge in [-0.1, -0.05) is 13.8 Å². The molecule has 19 heavy (non-hydrogen) atoms. The molecule has 0 saturated carbocycles. The van der Waals surface area contributed by atoms with E-state index >= 15 is 0 Å². The minimum Gasteiger partial charge on any atom is -0.373 e. The van der Waals surface area contributed by atoms with Gasteiger partial charge < -0.3 is 10.6 Å². The highest BCUT2D eigenvalue weighted by Gasteiger charge is 2.18. The Balaban J connectivity index is 2.10. The summed E-state index contributed by atoms with van der Waals surface area (Å²) in [6.45, 7) is 4.17. The number of hydrogen-bond donors (Lipinski definition) is 2. The number of nitrogens with zero attached hydrogens (tertiary/aromatic N) is 2. The van der Waals surface area contributed by atoms with E-state index < -0.39 is 10.8 Å². The molecule has 1 saturated heterocycles. The second-order valence-corrected chi connectivity index (χ2v) is 6.86. The van der Waals surface area contributed by atoms with Crippen LogP contribution in [0.3, 0.4) is 0 Å². The highest BCUT2D eigenvalue weighted by atomic mass is 32.2. The Hall–Kier alpha value is -1.17. The zero-order valence-electron chi connectivity index (χ0n) is 11.8. The van der Waals surface area contributed by atoms with Crippen molar-refractivity contribution in [1.82, 2.24) is 9.97 Å². The maximum Gasteiger partial charge on any atom is 0.135 e. The fourth-order valence-corrected chi connectivity index (χ4v) is 3.37. The summed E-state index contributed by atoms with van der Waals surface area (Å²) >= 11 is 0. The largest absolute Gasteiger partial charge is 0.373 e. The summed E-state index contributed by atoms with van der Waals surface area (Å²) < 4.78 is 11.4. The monoisotopic (exact) mass is 282 g/mol. The van der Waals surface area contributed by atoms with E-state index in [1.807, 2.05) is 13.1 Å². The molecule has 0 amide bonds. The highest BCUT2D eigenvalue weighted by Crippen LogP contribution is 2.20. The standard InChI is InChI=1S/C13H22N4OS/c1-9(2)13-16-11(14-3)8-12(17-13)15-10-4-6-19(18)7-5-10/h8-10H,4-7H2,1-3H3,(H2,14,15,16,17). The summed E-state index contributed by atoms with van der Waals surface area (Å²) in [5.41, 5.74) is 0. The fraction of sp³-hybridized carbons (Fsp3) is 0.692. The summed E-state index contributed by atoms with van der Waals surface area (Å²) in [7, 11) is 1.24. The number of nitrogens with one attached hydrogen (secondary N) is 2. The lowest BCUT2D eigenvalue weighted by Gasteiger charge is -2.23. The molecule has 0 spiro atoms. The summed E-state index contributed by atoms with van der Waals surface area (Å²) in [6, 6.07) is 2.30. The summed E-state index contributed by atoms with van der Waals surface area (Å²) in [4.78, 5) is 9.00. The Morgan fingerprint density at radius 3 is 2.47 bits per heavy atom. The Morgan fingerprint density at radius 1 is 1.26 bits per heavy atom. The molecule has 1 fully saturated rings. The van der Waals surface area contributed by atoms with Crippen LogP contribution in [-0.4, -0.2) is 38.8 Å². The van der Waals surface area contributed by atoms with E-state index in [0.717, 1.165) is 41.8 Å². The van der Waals surface area contributed by atoms with Gasteiger partial charge in [0, 0.05) is 47.4 Å². The molecule has 0 aliphatic carbocycles. The lowest BCUT2D eigenvalue weighted by molar-refractivity contribution is 0.621. The zero-order chi connectivity index (χ0) is 13.8. The van der Waals surface area contributed by atoms with E-state index in [1.54, 1.807) is 0 Å². The molecule has 106 valence electrons. The summed E-state index contributed by atoms with van der Waals surface area (Å²) in [6.07, 6.45) is 1.89.